The zero-order valence-electron chi connectivity index (χ0n) is 23.4. The number of pyridine rings is 1. The molecular formula is C31H30N6O5. The third-order valence-electron chi connectivity index (χ3n) is 6.74. The number of hydrogen-bond acceptors (Lipinski definition) is 8. The molecule has 0 saturated carbocycles. The Balaban J connectivity index is 1.57. The summed E-state index contributed by atoms with van der Waals surface area (Å²) in [5.74, 6) is 0.799. The largest absolute Gasteiger partial charge is 0.497 e. The molecule has 0 aliphatic heterocycles. The minimum absolute atomic E-state index is 0.106. The fourth-order valence-corrected chi connectivity index (χ4v) is 4.65. The maximum absolute atomic E-state index is 14.2. The van der Waals surface area contributed by atoms with E-state index in [-0.39, 0.29) is 19.0 Å². The maximum atomic E-state index is 14.2. The molecule has 2 aromatic heterocycles. The van der Waals surface area contributed by atoms with Gasteiger partial charge in [-0.05, 0) is 65.7 Å². The van der Waals surface area contributed by atoms with Crippen molar-refractivity contribution in [2.45, 2.75) is 19.1 Å². The van der Waals surface area contributed by atoms with Crippen molar-refractivity contribution in [1.82, 2.24) is 24.9 Å². The molecule has 1 N–H and O–H groups in total. The summed E-state index contributed by atoms with van der Waals surface area (Å²) in [7, 11) is 4.62. The van der Waals surface area contributed by atoms with E-state index in [1.807, 2.05) is 30.3 Å². The molecule has 1 unspecified atom stereocenters. The lowest BCUT2D eigenvalue weighted by Crippen LogP contribution is -2.42. The van der Waals surface area contributed by atoms with Crippen LogP contribution in [0.3, 0.4) is 0 Å². The maximum Gasteiger partial charge on any atom is 0.251 e. The molecule has 11 nitrogen and oxygen atoms in total. The molecule has 0 fully saturated rings. The second kappa shape index (κ2) is 12.8. The Labute approximate surface area is 242 Å². The highest BCUT2D eigenvalue weighted by Gasteiger charge is 2.33. The first-order valence-corrected chi connectivity index (χ1v) is 13.1. The summed E-state index contributed by atoms with van der Waals surface area (Å²) in [5, 5.41) is 11.3. The van der Waals surface area contributed by atoms with Gasteiger partial charge in [0.2, 0.25) is 5.91 Å². The molecule has 2 heterocycles. The van der Waals surface area contributed by atoms with Crippen LogP contribution in [-0.4, -0.2) is 58.0 Å². The van der Waals surface area contributed by atoms with Crippen LogP contribution in [0.4, 0.5) is 5.69 Å². The molecule has 214 valence electrons. The Morgan fingerprint density at radius 3 is 2.40 bits per heavy atom. The molecule has 11 heteroatoms. The number of carbonyl (C=O) groups is 2. The van der Waals surface area contributed by atoms with E-state index in [1.54, 1.807) is 68.0 Å². The van der Waals surface area contributed by atoms with Crippen LogP contribution < -0.4 is 19.5 Å². The van der Waals surface area contributed by atoms with Gasteiger partial charge in [-0.2, -0.15) is 0 Å². The van der Waals surface area contributed by atoms with Crippen molar-refractivity contribution in [3.05, 3.63) is 102 Å². The lowest BCUT2D eigenvalue weighted by molar-refractivity contribution is -0.140. The molecule has 0 radical (unpaired) electrons. The monoisotopic (exact) mass is 566 g/mol. The van der Waals surface area contributed by atoms with E-state index in [2.05, 4.69) is 20.6 Å². The highest BCUT2D eigenvalue weighted by Crippen LogP contribution is 2.34. The Kier molecular flexibility index (Phi) is 8.57. The summed E-state index contributed by atoms with van der Waals surface area (Å²) < 4.78 is 17.7. The molecule has 2 amide bonds. The highest BCUT2D eigenvalue weighted by molar-refractivity contribution is 5.98. The average molecular weight is 567 g/mol. The van der Waals surface area contributed by atoms with Crippen molar-refractivity contribution in [3.63, 3.8) is 0 Å². The zero-order valence-corrected chi connectivity index (χ0v) is 23.4. The van der Waals surface area contributed by atoms with Gasteiger partial charge in [0.25, 0.3) is 5.91 Å². The molecule has 0 aliphatic carbocycles. The van der Waals surface area contributed by atoms with Crippen molar-refractivity contribution >= 4 is 28.5 Å². The van der Waals surface area contributed by atoms with Crippen LogP contribution in [0.25, 0.3) is 11.0 Å². The van der Waals surface area contributed by atoms with Crippen LogP contribution in [0.15, 0.2) is 91.3 Å². The van der Waals surface area contributed by atoms with Crippen LogP contribution in [0.1, 0.15) is 17.2 Å². The third-order valence-corrected chi connectivity index (χ3v) is 6.74. The lowest BCUT2D eigenvalue weighted by Gasteiger charge is -2.32. The second-order valence-corrected chi connectivity index (χ2v) is 9.35. The van der Waals surface area contributed by atoms with Gasteiger partial charge in [-0.3, -0.25) is 14.6 Å². The van der Waals surface area contributed by atoms with Gasteiger partial charge < -0.3 is 24.4 Å². The number of methoxy groups -OCH3 is 3. The van der Waals surface area contributed by atoms with E-state index in [9.17, 15) is 9.59 Å². The standard InChI is InChI=1S/C31H30N6O5/c1-40-24-13-11-23(12-14-24)33-31(39)30(22-10-15-27(41-2)28(17-22)42-3)36(19-21-7-6-16-32-18-21)29(38)20-37-26-9-5-4-8-25(26)34-35-37/h4-18,30H,19-20H2,1-3H3,(H,33,39). The third kappa shape index (κ3) is 6.15. The predicted molar refractivity (Wildman–Crippen MR) is 156 cm³/mol. The van der Waals surface area contributed by atoms with Gasteiger partial charge in [0.15, 0.2) is 11.5 Å². The Morgan fingerprint density at radius 2 is 1.69 bits per heavy atom. The van der Waals surface area contributed by atoms with Gasteiger partial charge >= 0.3 is 0 Å². The van der Waals surface area contributed by atoms with E-state index >= 15 is 0 Å². The van der Waals surface area contributed by atoms with Gasteiger partial charge in [0.1, 0.15) is 23.9 Å². The van der Waals surface area contributed by atoms with Gasteiger partial charge in [0.05, 0.1) is 26.8 Å². The number of rotatable bonds is 11. The minimum atomic E-state index is -1.06. The number of benzene rings is 3. The number of aromatic nitrogens is 4. The Morgan fingerprint density at radius 1 is 0.905 bits per heavy atom. The fraction of sp³-hybridized carbons (Fsp3) is 0.194. The molecule has 0 saturated heterocycles. The van der Waals surface area contributed by atoms with E-state index in [0.717, 1.165) is 5.56 Å². The highest BCUT2D eigenvalue weighted by atomic mass is 16.5. The van der Waals surface area contributed by atoms with Crippen molar-refractivity contribution in [1.29, 1.82) is 0 Å². The molecule has 0 spiro atoms. The van der Waals surface area contributed by atoms with Crippen molar-refractivity contribution < 1.29 is 23.8 Å². The molecular weight excluding hydrogens is 536 g/mol. The van der Waals surface area contributed by atoms with Crippen molar-refractivity contribution in [3.8, 4) is 17.2 Å². The smallest absolute Gasteiger partial charge is 0.251 e. The van der Waals surface area contributed by atoms with Crippen LogP contribution in [-0.2, 0) is 22.7 Å². The molecule has 1 atom stereocenters. The van der Waals surface area contributed by atoms with Gasteiger partial charge in [-0.1, -0.05) is 29.5 Å². The SMILES string of the molecule is COc1ccc(NC(=O)C(c2ccc(OC)c(OC)c2)N(Cc2cccnc2)C(=O)Cn2nnc3ccccc32)cc1. The Hall–Kier alpha value is -5.45. The molecule has 0 bridgehead atoms. The first kappa shape index (κ1) is 28.1. The van der Waals surface area contributed by atoms with E-state index in [4.69, 9.17) is 14.2 Å². The number of nitrogens with zero attached hydrogens (tertiary/aromatic N) is 5. The number of fused-ring (bicyclic) bond motifs is 1. The van der Waals surface area contributed by atoms with Crippen LogP contribution in [0, 0.1) is 0 Å². The summed E-state index contributed by atoms with van der Waals surface area (Å²) in [4.78, 5) is 34.0. The van der Waals surface area contributed by atoms with Gasteiger partial charge in [0, 0.05) is 24.6 Å². The van der Waals surface area contributed by atoms with Crippen LogP contribution in [0.5, 0.6) is 17.2 Å². The fourth-order valence-electron chi connectivity index (χ4n) is 4.65. The first-order chi connectivity index (χ1) is 20.5. The summed E-state index contributed by atoms with van der Waals surface area (Å²) in [5.41, 5.74) is 3.19. The normalized spacial score (nSPS) is 11.5. The number of amides is 2. The number of anilines is 1. The quantitative estimate of drug-likeness (QED) is 0.252. The topological polar surface area (TPSA) is 121 Å². The number of carbonyl (C=O) groups excluding carboxylic acids is 2. The predicted octanol–water partition coefficient (Wildman–Crippen LogP) is 4.26. The van der Waals surface area contributed by atoms with Gasteiger partial charge in [-0.25, -0.2) is 4.68 Å². The van der Waals surface area contributed by atoms with E-state index in [1.165, 1.54) is 23.8 Å². The first-order valence-electron chi connectivity index (χ1n) is 13.1. The molecule has 42 heavy (non-hydrogen) atoms. The summed E-state index contributed by atoms with van der Waals surface area (Å²) in [6, 6.07) is 22.1. The molecule has 3 aromatic carbocycles. The zero-order chi connectivity index (χ0) is 29.5. The number of para-hydroxylation sites is 1. The molecule has 5 rings (SSSR count). The van der Waals surface area contributed by atoms with Gasteiger partial charge in [-0.15, -0.1) is 5.10 Å². The number of ether oxygens (including phenoxy) is 3. The van der Waals surface area contributed by atoms with Crippen molar-refractivity contribution in [2.75, 3.05) is 26.6 Å². The summed E-state index contributed by atoms with van der Waals surface area (Å²) >= 11 is 0. The number of nitrogens with one attached hydrogen (secondary N) is 1. The Bertz CT molecular complexity index is 1670. The second-order valence-electron chi connectivity index (χ2n) is 9.35. The minimum Gasteiger partial charge on any atom is -0.497 e. The lowest BCUT2D eigenvalue weighted by atomic mass is 10.0. The average Bonchev–Trinajstić information content (AvgIpc) is 3.44. The van der Waals surface area contributed by atoms with Crippen LogP contribution in [0.2, 0.25) is 0 Å². The van der Waals surface area contributed by atoms with Crippen LogP contribution >= 0.6 is 0 Å². The summed E-state index contributed by atoms with van der Waals surface area (Å²) in [6.45, 7) is -0.0330. The van der Waals surface area contributed by atoms with E-state index in [0.29, 0.717) is 39.5 Å². The molecule has 0 aliphatic rings. The van der Waals surface area contributed by atoms with E-state index < -0.39 is 11.9 Å². The number of hydrogen-bond donors (Lipinski definition) is 1. The van der Waals surface area contributed by atoms with Crippen molar-refractivity contribution in [2.24, 2.45) is 0 Å². The molecule has 5 aromatic rings. The summed E-state index contributed by atoms with van der Waals surface area (Å²) in [6.07, 6.45) is 3.32.